The first-order chi connectivity index (χ1) is 16.8. The van der Waals surface area contributed by atoms with Crippen LogP contribution in [0.1, 0.15) is 60.7 Å². The summed E-state index contributed by atoms with van der Waals surface area (Å²) in [6.07, 6.45) is 7.55. The van der Waals surface area contributed by atoms with Crippen LogP contribution in [0.5, 0.6) is 0 Å². The number of aromatic nitrogens is 2. The number of methoxy groups -OCH3 is 1. The summed E-state index contributed by atoms with van der Waals surface area (Å²) in [7, 11) is -2.33. The zero-order chi connectivity index (χ0) is 25.0. The van der Waals surface area contributed by atoms with E-state index in [9.17, 15) is 22.8 Å². The fraction of sp³-hybridized carbons (Fsp3) is 0.565. The van der Waals surface area contributed by atoms with Crippen molar-refractivity contribution in [2.75, 3.05) is 25.6 Å². The van der Waals surface area contributed by atoms with Gasteiger partial charge in [0.1, 0.15) is 10.9 Å². The first-order valence-electron chi connectivity index (χ1n) is 11.7. The molecule has 0 aromatic carbocycles. The number of amides is 1. The van der Waals surface area contributed by atoms with E-state index in [0.29, 0.717) is 32.5 Å². The van der Waals surface area contributed by atoms with Crippen molar-refractivity contribution in [2.24, 2.45) is 5.92 Å². The average molecular weight is 524 g/mol. The molecule has 12 heteroatoms. The number of nitrogens with one attached hydrogen (secondary N) is 1. The molecule has 1 amide bonds. The molecule has 2 aromatic heterocycles. The van der Waals surface area contributed by atoms with Crippen LogP contribution in [0.4, 0.5) is 5.13 Å². The summed E-state index contributed by atoms with van der Waals surface area (Å²) in [5.74, 6) is -0.858. The molecule has 1 aliphatic heterocycles. The van der Waals surface area contributed by atoms with Gasteiger partial charge in [0, 0.05) is 25.5 Å². The molecule has 1 N–H and O–H groups in total. The molecule has 3 heterocycles. The van der Waals surface area contributed by atoms with E-state index in [-0.39, 0.29) is 20.8 Å². The van der Waals surface area contributed by atoms with Crippen molar-refractivity contribution in [3.05, 3.63) is 39.8 Å². The monoisotopic (exact) mass is 523 g/mol. The molecular weight excluding hydrogens is 494 g/mol. The normalized spacial score (nSPS) is 18.3. The molecular formula is C23H29N3O7S2. The van der Waals surface area contributed by atoms with Crippen LogP contribution in [-0.2, 0) is 24.1 Å². The number of rotatable bonds is 8. The number of ether oxygens (including phenoxy) is 2. The quantitative estimate of drug-likeness (QED) is 0.522. The van der Waals surface area contributed by atoms with Crippen molar-refractivity contribution in [2.45, 2.75) is 61.1 Å². The molecule has 190 valence electrons. The van der Waals surface area contributed by atoms with Gasteiger partial charge < -0.3 is 19.4 Å². The molecule has 1 aliphatic carbocycles. The molecule has 2 aliphatic rings. The largest absolute Gasteiger partial charge is 0.465 e. The Kier molecular flexibility index (Phi) is 8.02. The zero-order valence-electron chi connectivity index (χ0n) is 19.5. The van der Waals surface area contributed by atoms with Gasteiger partial charge in [0.25, 0.3) is 5.56 Å². The Balaban J connectivity index is 1.60. The summed E-state index contributed by atoms with van der Waals surface area (Å²) in [5.41, 5.74) is -0.550. The molecule has 10 nitrogen and oxygen atoms in total. The second-order valence-corrected chi connectivity index (χ2v) is 12.1. The lowest BCUT2D eigenvalue weighted by atomic mass is 9.92. The molecule has 1 atom stereocenters. The minimum Gasteiger partial charge on any atom is -0.465 e. The standard InChI is InChI=1S/C23H29N3O7S2/c1-32-22(29)19-14-24-23(34-19)25-21(28)18(12-15-7-10-33-11-8-15)26-9-6-17(13-20(26)27)35(30,31)16-4-2-3-5-16/h6,9,13-16,18H,2-5,7-8,10-12H2,1H3,(H,24,25,28). The van der Waals surface area contributed by atoms with Crippen molar-refractivity contribution < 1.29 is 27.5 Å². The van der Waals surface area contributed by atoms with E-state index in [4.69, 9.17) is 4.74 Å². The SMILES string of the molecule is COC(=O)c1cnc(NC(=O)C(CC2CCOCC2)n2ccc(S(=O)(=O)C3CCCC3)cc2=O)s1. The maximum atomic E-state index is 13.3. The maximum absolute atomic E-state index is 13.3. The molecule has 1 saturated carbocycles. The van der Waals surface area contributed by atoms with E-state index in [2.05, 4.69) is 15.0 Å². The van der Waals surface area contributed by atoms with E-state index in [1.165, 1.54) is 30.1 Å². The number of carbonyl (C=O) groups is 2. The van der Waals surface area contributed by atoms with Gasteiger partial charge in [-0.05, 0) is 44.1 Å². The molecule has 4 rings (SSSR count). The zero-order valence-corrected chi connectivity index (χ0v) is 21.1. The van der Waals surface area contributed by atoms with Crippen LogP contribution in [0.15, 0.2) is 34.2 Å². The van der Waals surface area contributed by atoms with Crippen LogP contribution >= 0.6 is 11.3 Å². The number of sulfone groups is 1. The third-order valence-electron chi connectivity index (χ3n) is 6.65. The second-order valence-electron chi connectivity index (χ2n) is 8.88. The van der Waals surface area contributed by atoms with Crippen molar-refractivity contribution in [1.29, 1.82) is 0 Å². The van der Waals surface area contributed by atoms with Crippen LogP contribution in [0, 0.1) is 5.92 Å². The van der Waals surface area contributed by atoms with Crippen molar-refractivity contribution in [3.8, 4) is 0 Å². The van der Waals surface area contributed by atoms with E-state index in [1.807, 2.05) is 0 Å². The Labute approximate surface area is 207 Å². The number of anilines is 1. The third-order valence-corrected chi connectivity index (χ3v) is 9.80. The van der Waals surface area contributed by atoms with Crippen molar-refractivity contribution >= 4 is 38.2 Å². The number of pyridine rings is 1. The highest BCUT2D eigenvalue weighted by molar-refractivity contribution is 7.92. The summed E-state index contributed by atoms with van der Waals surface area (Å²) in [6, 6.07) is 1.66. The smallest absolute Gasteiger partial charge is 0.349 e. The number of hydrogen-bond acceptors (Lipinski definition) is 9. The highest BCUT2D eigenvalue weighted by Crippen LogP contribution is 2.30. The number of nitrogens with zero attached hydrogens (tertiary/aromatic N) is 2. The molecule has 0 bridgehead atoms. The van der Waals surface area contributed by atoms with E-state index < -0.39 is 38.6 Å². The highest BCUT2D eigenvalue weighted by atomic mass is 32.2. The molecule has 2 fully saturated rings. The Bertz CT molecular complexity index is 1230. The number of thiazole rings is 1. The fourth-order valence-corrected chi connectivity index (χ4v) is 7.25. The lowest BCUT2D eigenvalue weighted by molar-refractivity contribution is -0.120. The second kappa shape index (κ2) is 11.0. The van der Waals surface area contributed by atoms with Gasteiger partial charge in [-0.1, -0.05) is 24.2 Å². The van der Waals surface area contributed by atoms with Crippen LogP contribution in [0.25, 0.3) is 0 Å². The highest BCUT2D eigenvalue weighted by Gasteiger charge is 2.32. The van der Waals surface area contributed by atoms with E-state index in [0.717, 1.165) is 43.1 Å². The number of carbonyl (C=O) groups excluding carboxylic acids is 2. The van der Waals surface area contributed by atoms with Crippen molar-refractivity contribution in [3.63, 3.8) is 0 Å². The molecule has 1 unspecified atom stereocenters. The van der Waals surface area contributed by atoms with Gasteiger partial charge in [0.2, 0.25) is 5.91 Å². The minimum atomic E-state index is -3.59. The topological polar surface area (TPSA) is 134 Å². The molecule has 0 radical (unpaired) electrons. The van der Waals surface area contributed by atoms with Gasteiger partial charge in [0.15, 0.2) is 15.0 Å². The van der Waals surface area contributed by atoms with E-state index >= 15 is 0 Å². The van der Waals surface area contributed by atoms with Crippen LogP contribution < -0.4 is 10.9 Å². The summed E-state index contributed by atoms with van der Waals surface area (Å²) in [6.45, 7) is 1.17. The molecule has 0 spiro atoms. The lowest BCUT2D eigenvalue weighted by Crippen LogP contribution is -2.35. The van der Waals surface area contributed by atoms with Gasteiger partial charge in [-0.3, -0.25) is 9.59 Å². The molecule has 1 saturated heterocycles. The Hall–Kier alpha value is -2.57. The Morgan fingerprint density at radius 1 is 1.26 bits per heavy atom. The van der Waals surface area contributed by atoms with Crippen LogP contribution in [-0.4, -0.2) is 55.4 Å². The first kappa shape index (κ1) is 25.5. The van der Waals surface area contributed by atoms with Crippen LogP contribution in [0.2, 0.25) is 0 Å². The molecule has 35 heavy (non-hydrogen) atoms. The minimum absolute atomic E-state index is 0.00137. The van der Waals surface area contributed by atoms with Gasteiger partial charge in [-0.2, -0.15) is 0 Å². The van der Waals surface area contributed by atoms with Gasteiger partial charge in [-0.25, -0.2) is 18.2 Å². The Morgan fingerprint density at radius 2 is 1.97 bits per heavy atom. The van der Waals surface area contributed by atoms with Crippen LogP contribution in [0.3, 0.4) is 0 Å². The fourth-order valence-electron chi connectivity index (χ4n) is 4.66. The van der Waals surface area contributed by atoms with Gasteiger partial charge in [0.05, 0.1) is 23.5 Å². The lowest BCUT2D eigenvalue weighted by Gasteiger charge is -2.27. The van der Waals surface area contributed by atoms with Gasteiger partial charge >= 0.3 is 5.97 Å². The van der Waals surface area contributed by atoms with Gasteiger partial charge in [-0.15, -0.1) is 0 Å². The summed E-state index contributed by atoms with van der Waals surface area (Å²) in [4.78, 5) is 42.4. The first-order valence-corrected chi connectivity index (χ1v) is 14.0. The van der Waals surface area contributed by atoms with E-state index in [1.54, 1.807) is 0 Å². The Morgan fingerprint density at radius 3 is 2.63 bits per heavy atom. The number of hydrogen-bond donors (Lipinski definition) is 1. The third kappa shape index (κ3) is 5.81. The predicted molar refractivity (Wildman–Crippen MR) is 129 cm³/mol. The number of esters is 1. The van der Waals surface area contributed by atoms with Crippen molar-refractivity contribution in [1.82, 2.24) is 9.55 Å². The average Bonchev–Trinajstić information content (AvgIpc) is 3.56. The summed E-state index contributed by atoms with van der Waals surface area (Å²) in [5, 5.41) is 2.44. The summed E-state index contributed by atoms with van der Waals surface area (Å²) < 4.78 is 37.3. The predicted octanol–water partition coefficient (Wildman–Crippen LogP) is 2.80. The summed E-state index contributed by atoms with van der Waals surface area (Å²) >= 11 is 0.972. The maximum Gasteiger partial charge on any atom is 0.349 e. The molecule has 2 aromatic rings.